The fraction of sp³-hybridized carbons (Fsp3) is 0.211. The Morgan fingerprint density at radius 1 is 1.00 bits per heavy atom. The number of aliphatic carboxylic acids is 1. The second kappa shape index (κ2) is 7.87. The molecule has 0 unspecified atom stereocenters. The Morgan fingerprint density at radius 2 is 1.64 bits per heavy atom. The third kappa shape index (κ3) is 4.08. The summed E-state index contributed by atoms with van der Waals surface area (Å²) in [6, 6.07) is 4.36. The molecule has 0 radical (unpaired) electrons. The van der Waals surface area contributed by atoms with Gasteiger partial charge in [-0.25, -0.2) is 18.0 Å². The number of carboxylic acid groups (broad SMARTS) is 1. The van der Waals surface area contributed by atoms with Gasteiger partial charge >= 0.3 is 12.1 Å². The Hall–Kier alpha value is -3.10. The molecule has 0 amide bonds. The molecule has 0 atom stereocenters. The average molecular weight is 402 g/mol. The molecule has 0 bridgehead atoms. The zero-order valence-corrected chi connectivity index (χ0v) is 14.9. The number of ether oxygens (including phenoxy) is 2. The maximum Gasteiger partial charge on any atom is 0.429 e. The molecule has 0 saturated heterocycles. The van der Waals surface area contributed by atoms with Gasteiger partial charge in [0.05, 0.1) is 7.11 Å². The van der Waals surface area contributed by atoms with Crippen LogP contribution in [0.5, 0.6) is 11.5 Å². The summed E-state index contributed by atoms with van der Waals surface area (Å²) in [6.07, 6.45) is -4.34. The fourth-order valence-corrected chi connectivity index (χ4v) is 2.31. The first-order valence-corrected chi connectivity index (χ1v) is 7.79. The van der Waals surface area contributed by atoms with Gasteiger partial charge in [-0.3, -0.25) is 0 Å². The number of carboxylic acids is 1. The monoisotopic (exact) mass is 402 g/mol. The van der Waals surface area contributed by atoms with Gasteiger partial charge in [-0.2, -0.15) is 8.78 Å². The molecule has 0 spiro atoms. The Morgan fingerprint density at radius 3 is 2.21 bits per heavy atom. The van der Waals surface area contributed by atoms with Gasteiger partial charge in [0.2, 0.25) is 0 Å². The first-order valence-electron chi connectivity index (χ1n) is 7.79. The van der Waals surface area contributed by atoms with Gasteiger partial charge in [-0.1, -0.05) is 6.07 Å². The van der Waals surface area contributed by atoms with Crippen LogP contribution >= 0.6 is 0 Å². The highest BCUT2D eigenvalue weighted by Crippen LogP contribution is 2.39. The summed E-state index contributed by atoms with van der Waals surface area (Å²) in [6.45, 7) is 2.89. The van der Waals surface area contributed by atoms with E-state index in [4.69, 9.17) is 9.84 Å². The van der Waals surface area contributed by atoms with E-state index in [0.717, 1.165) is 13.2 Å². The molecule has 9 heteroatoms. The minimum Gasteiger partial charge on any atom is -0.493 e. The maximum absolute atomic E-state index is 14.3. The lowest BCUT2D eigenvalue weighted by molar-refractivity contribution is -0.188. The normalized spacial score (nSPS) is 12.4. The zero-order valence-electron chi connectivity index (χ0n) is 14.9. The lowest BCUT2D eigenvalue weighted by Gasteiger charge is -2.21. The molecule has 4 nitrogen and oxygen atoms in total. The minimum atomic E-state index is -4.34. The third-order valence-corrected chi connectivity index (χ3v) is 4.07. The number of rotatable bonds is 6. The molecule has 150 valence electrons. The van der Waals surface area contributed by atoms with Crippen molar-refractivity contribution in [3.63, 3.8) is 0 Å². The van der Waals surface area contributed by atoms with Gasteiger partial charge in [0.15, 0.2) is 29.0 Å². The third-order valence-electron chi connectivity index (χ3n) is 4.07. The van der Waals surface area contributed by atoms with Crippen LogP contribution in [0.1, 0.15) is 25.0 Å². The number of methoxy groups -OCH3 is 1. The second-order valence-electron chi connectivity index (χ2n) is 5.76. The van der Waals surface area contributed by atoms with E-state index in [0.29, 0.717) is 23.3 Å². The Balaban J connectivity index is 2.45. The molecule has 2 rings (SSSR count). The summed E-state index contributed by atoms with van der Waals surface area (Å²) in [7, 11) is 1.16. The van der Waals surface area contributed by atoms with Crippen molar-refractivity contribution in [3.05, 3.63) is 64.5 Å². The predicted molar refractivity (Wildman–Crippen MR) is 89.7 cm³/mol. The molecule has 28 heavy (non-hydrogen) atoms. The Kier molecular flexibility index (Phi) is 5.96. The highest BCUT2D eigenvalue weighted by atomic mass is 19.3. The number of allylic oxidation sites excluding steroid dienone is 1. The van der Waals surface area contributed by atoms with Crippen LogP contribution in [0.15, 0.2) is 35.9 Å². The minimum absolute atomic E-state index is 0.0323. The Labute approximate surface area is 156 Å². The topological polar surface area (TPSA) is 55.8 Å². The summed E-state index contributed by atoms with van der Waals surface area (Å²) >= 11 is 0. The second-order valence-corrected chi connectivity index (χ2v) is 5.76. The fourth-order valence-electron chi connectivity index (χ4n) is 2.31. The lowest BCUT2D eigenvalue weighted by atomic mass is 10.0. The predicted octanol–water partition coefficient (Wildman–Crippen LogP) is 5.12. The quantitative estimate of drug-likeness (QED) is 0.414. The van der Waals surface area contributed by atoms with Gasteiger partial charge in [-0.15, -0.1) is 0 Å². The molecule has 1 N–H and O–H groups in total. The van der Waals surface area contributed by atoms with E-state index < -0.39 is 40.8 Å². The first kappa shape index (κ1) is 21.2. The van der Waals surface area contributed by atoms with Gasteiger partial charge in [0, 0.05) is 5.57 Å². The van der Waals surface area contributed by atoms with Crippen molar-refractivity contribution < 1.29 is 41.3 Å². The number of carbonyl (C=O) groups is 1. The van der Waals surface area contributed by atoms with Crippen molar-refractivity contribution in [2.75, 3.05) is 7.11 Å². The first-order chi connectivity index (χ1) is 13.0. The number of benzene rings is 2. The molecular weight excluding hydrogens is 387 g/mol. The number of alkyl halides is 2. The van der Waals surface area contributed by atoms with Gasteiger partial charge < -0.3 is 14.6 Å². The molecule has 0 saturated carbocycles. The summed E-state index contributed by atoms with van der Waals surface area (Å²) in [4.78, 5) is 11.1. The molecule has 0 aromatic heterocycles. The van der Waals surface area contributed by atoms with Crippen molar-refractivity contribution in [1.29, 1.82) is 0 Å². The van der Waals surface area contributed by atoms with Crippen LogP contribution in [0.4, 0.5) is 22.0 Å². The number of hydrogen-bond donors (Lipinski definition) is 1. The molecule has 0 aliphatic heterocycles. The van der Waals surface area contributed by atoms with E-state index >= 15 is 0 Å². The highest BCUT2D eigenvalue weighted by molar-refractivity contribution is 5.95. The van der Waals surface area contributed by atoms with Crippen molar-refractivity contribution in [2.45, 2.75) is 20.0 Å². The summed E-state index contributed by atoms with van der Waals surface area (Å²) in [5, 5.41) is 9.04. The molecule has 0 aliphatic rings. The standard InChI is InChI=1S/C19H15F5O4/c1-9(10(2)18(25)26)11-4-7-14(15(8-11)27-3)28-19(23,24)12-5-6-13(20)17(22)16(12)21/h4-8H,1-3H3,(H,25,26)/b10-9-. The smallest absolute Gasteiger partial charge is 0.429 e. The SMILES string of the molecule is COc1cc(/C(C)=C(/C)C(=O)O)ccc1OC(F)(F)c1ccc(F)c(F)c1F. The number of halogens is 5. The zero-order chi connectivity index (χ0) is 21.2. The van der Waals surface area contributed by atoms with Crippen LogP contribution in [0.3, 0.4) is 0 Å². The Bertz CT molecular complexity index is 954. The molecule has 2 aromatic rings. The van der Waals surface area contributed by atoms with Crippen LogP contribution in [0, 0.1) is 17.5 Å². The average Bonchev–Trinajstić information content (AvgIpc) is 2.64. The van der Waals surface area contributed by atoms with E-state index in [1.165, 1.54) is 26.0 Å². The van der Waals surface area contributed by atoms with Gasteiger partial charge in [0.25, 0.3) is 0 Å². The molecule has 0 heterocycles. The summed E-state index contributed by atoms with van der Waals surface area (Å²) in [5.74, 6) is -7.60. The van der Waals surface area contributed by atoms with Gasteiger partial charge in [0.1, 0.15) is 5.56 Å². The van der Waals surface area contributed by atoms with Crippen LogP contribution < -0.4 is 9.47 Å². The van der Waals surface area contributed by atoms with Crippen LogP contribution in [0.2, 0.25) is 0 Å². The molecule has 0 aliphatic carbocycles. The number of hydrogen-bond acceptors (Lipinski definition) is 3. The van der Waals surface area contributed by atoms with Crippen LogP contribution in [-0.2, 0) is 10.9 Å². The van der Waals surface area contributed by atoms with E-state index in [9.17, 15) is 26.7 Å². The maximum atomic E-state index is 14.3. The largest absolute Gasteiger partial charge is 0.493 e. The van der Waals surface area contributed by atoms with E-state index in [2.05, 4.69) is 4.74 Å². The summed E-state index contributed by atoms with van der Waals surface area (Å²) in [5.41, 5.74) is -0.734. The van der Waals surface area contributed by atoms with E-state index in [-0.39, 0.29) is 11.3 Å². The molecule has 0 fully saturated rings. The van der Waals surface area contributed by atoms with Crippen molar-refractivity contribution in [1.82, 2.24) is 0 Å². The van der Waals surface area contributed by atoms with Crippen LogP contribution in [-0.4, -0.2) is 18.2 Å². The van der Waals surface area contributed by atoms with E-state index in [1.54, 1.807) is 0 Å². The van der Waals surface area contributed by atoms with Gasteiger partial charge in [-0.05, 0) is 49.2 Å². The highest BCUT2D eigenvalue weighted by Gasteiger charge is 2.40. The lowest BCUT2D eigenvalue weighted by Crippen LogP contribution is -2.24. The summed E-state index contributed by atoms with van der Waals surface area (Å²) < 4.78 is 78.1. The van der Waals surface area contributed by atoms with Crippen molar-refractivity contribution >= 4 is 11.5 Å². The van der Waals surface area contributed by atoms with Crippen molar-refractivity contribution in [3.8, 4) is 11.5 Å². The van der Waals surface area contributed by atoms with Crippen molar-refractivity contribution in [2.24, 2.45) is 0 Å². The molecule has 2 aromatic carbocycles. The van der Waals surface area contributed by atoms with E-state index in [1.807, 2.05) is 0 Å². The van der Waals surface area contributed by atoms with Crippen LogP contribution in [0.25, 0.3) is 5.57 Å². The molecular formula is C19H15F5O4.